The van der Waals surface area contributed by atoms with Gasteiger partial charge in [-0.3, -0.25) is 14.7 Å². The lowest BCUT2D eigenvalue weighted by Crippen LogP contribution is -2.34. The van der Waals surface area contributed by atoms with Gasteiger partial charge in [-0.2, -0.15) is 0 Å². The fourth-order valence-corrected chi connectivity index (χ4v) is 4.10. The molecule has 1 aromatic rings. The van der Waals surface area contributed by atoms with Gasteiger partial charge in [0, 0.05) is 51.5 Å². The zero-order valence-electron chi connectivity index (χ0n) is 14.2. The Morgan fingerprint density at radius 2 is 2.22 bits per heavy atom. The molecule has 0 spiro atoms. The van der Waals surface area contributed by atoms with Crippen molar-refractivity contribution in [1.29, 1.82) is 0 Å². The molecule has 0 aromatic carbocycles. The van der Waals surface area contributed by atoms with E-state index in [1.165, 1.54) is 24.8 Å². The minimum atomic E-state index is 0.0441. The quantitative estimate of drug-likeness (QED) is 0.802. The highest BCUT2D eigenvalue weighted by molar-refractivity contribution is 5.76. The highest BCUT2D eigenvalue weighted by atomic mass is 16.5. The normalized spacial score (nSPS) is 27.1. The maximum absolute atomic E-state index is 11.7. The molecule has 5 nitrogen and oxygen atoms in total. The van der Waals surface area contributed by atoms with Crippen LogP contribution in [-0.2, 0) is 16.1 Å². The number of likely N-dealkylation sites (N-methyl/N-ethyl adjacent to an activating group) is 1. The summed E-state index contributed by atoms with van der Waals surface area (Å²) in [5.74, 6) is 0.751. The third-order valence-corrected chi connectivity index (χ3v) is 5.38. The smallest absolute Gasteiger partial charge is 0.248 e. The summed E-state index contributed by atoms with van der Waals surface area (Å²) >= 11 is 0. The van der Waals surface area contributed by atoms with Crippen LogP contribution in [0.1, 0.15) is 24.8 Å². The number of pyridine rings is 1. The van der Waals surface area contributed by atoms with Gasteiger partial charge in [0.2, 0.25) is 5.91 Å². The predicted molar refractivity (Wildman–Crippen MR) is 88.8 cm³/mol. The fraction of sp³-hybridized carbons (Fsp3) is 0.667. The van der Waals surface area contributed by atoms with Gasteiger partial charge in [-0.25, -0.2) is 0 Å². The van der Waals surface area contributed by atoms with Gasteiger partial charge >= 0.3 is 0 Å². The van der Waals surface area contributed by atoms with Crippen molar-refractivity contribution in [3.8, 4) is 0 Å². The summed E-state index contributed by atoms with van der Waals surface area (Å²) in [5, 5.41) is 0. The lowest BCUT2D eigenvalue weighted by atomic mass is 9.81. The van der Waals surface area contributed by atoms with Crippen LogP contribution < -0.4 is 0 Å². The molecule has 1 aromatic heterocycles. The van der Waals surface area contributed by atoms with Crippen molar-refractivity contribution in [2.24, 2.45) is 11.3 Å². The van der Waals surface area contributed by atoms with E-state index in [-0.39, 0.29) is 17.9 Å². The summed E-state index contributed by atoms with van der Waals surface area (Å²) in [6.45, 7) is 4.12. The summed E-state index contributed by atoms with van der Waals surface area (Å²) in [4.78, 5) is 19.9. The maximum Gasteiger partial charge on any atom is 0.248 e. The first-order valence-electron chi connectivity index (χ1n) is 8.48. The summed E-state index contributed by atoms with van der Waals surface area (Å²) in [6.07, 6.45) is 7.52. The first-order chi connectivity index (χ1) is 11.1. The number of nitrogens with zero attached hydrogens (tertiary/aromatic N) is 3. The standard InChI is InChI=1S/C18H27N3O2/c1-20(2)17(22)12-23-14-18-7-3-4-16(18)11-21(13-18)10-15-5-8-19-9-6-15/h5-6,8-9,16H,3-4,7,10-14H2,1-2H3/t16-,18+/m1/s1. The first-order valence-corrected chi connectivity index (χ1v) is 8.48. The molecule has 2 atom stereocenters. The van der Waals surface area contributed by atoms with Crippen LogP contribution in [0.4, 0.5) is 0 Å². The number of aromatic nitrogens is 1. The van der Waals surface area contributed by atoms with Crippen LogP contribution >= 0.6 is 0 Å². The molecule has 0 unspecified atom stereocenters. The Bertz CT molecular complexity index is 534. The second-order valence-corrected chi connectivity index (χ2v) is 7.26. The molecule has 1 saturated heterocycles. The first kappa shape index (κ1) is 16.4. The molecule has 1 aliphatic heterocycles. The summed E-state index contributed by atoms with van der Waals surface area (Å²) in [7, 11) is 3.54. The fourth-order valence-electron chi connectivity index (χ4n) is 4.10. The zero-order chi connectivity index (χ0) is 16.3. The number of carbonyl (C=O) groups excluding carboxylic acids is 1. The number of rotatable bonds is 6. The second kappa shape index (κ2) is 6.97. The van der Waals surface area contributed by atoms with E-state index in [0.717, 1.165) is 19.6 Å². The van der Waals surface area contributed by atoms with Crippen molar-refractivity contribution < 1.29 is 9.53 Å². The SMILES string of the molecule is CN(C)C(=O)COC[C@@]12CCC[C@@H]1CN(Cc1ccncc1)C2. The molecule has 2 heterocycles. The lowest BCUT2D eigenvalue weighted by molar-refractivity contribution is -0.135. The number of ether oxygens (including phenoxy) is 1. The lowest BCUT2D eigenvalue weighted by Gasteiger charge is -2.29. The molecule has 1 saturated carbocycles. The van der Waals surface area contributed by atoms with Crippen LogP contribution in [0.3, 0.4) is 0 Å². The molecule has 1 aliphatic carbocycles. The summed E-state index contributed by atoms with van der Waals surface area (Å²) in [5.41, 5.74) is 1.57. The van der Waals surface area contributed by atoms with Gasteiger partial charge in [-0.05, 0) is 36.5 Å². The Morgan fingerprint density at radius 3 is 2.96 bits per heavy atom. The van der Waals surface area contributed by atoms with Gasteiger partial charge in [0.25, 0.3) is 0 Å². The van der Waals surface area contributed by atoms with E-state index in [0.29, 0.717) is 12.5 Å². The molecular weight excluding hydrogens is 290 g/mol. The number of amides is 1. The number of likely N-dealkylation sites (tertiary alicyclic amines) is 1. The van der Waals surface area contributed by atoms with Crippen molar-refractivity contribution in [2.75, 3.05) is 40.4 Å². The van der Waals surface area contributed by atoms with Crippen LogP contribution in [0.25, 0.3) is 0 Å². The number of hydrogen-bond donors (Lipinski definition) is 0. The molecule has 5 heteroatoms. The van der Waals surface area contributed by atoms with Crippen molar-refractivity contribution >= 4 is 5.91 Å². The van der Waals surface area contributed by atoms with Crippen LogP contribution in [0, 0.1) is 11.3 Å². The van der Waals surface area contributed by atoms with Gasteiger partial charge < -0.3 is 9.64 Å². The van der Waals surface area contributed by atoms with E-state index < -0.39 is 0 Å². The summed E-state index contributed by atoms with van der Waals surface area (Å²) < 4.78 is 5.82. The second-order valence-electron chi connectivity index (χ2n) is 7.26. The van der Waals surface area contributed by atoms with Crippen molar-refractivity contribution in [1.82, 2.24) is 14.8 Å². The van der Waals surface area contributed by atoms with E-state index >= 15 is 0 Å². The van der Waals surface area contributed by atoms with Crippen molar-refractivity contribution in [2.45, 2.75) is 25.8 Å². The third-order valence-electron chi connectivity index (χ3n) is 5.38. The Kier molecular flexibility index (Phi) is 4.97. The van der Waals surface area contributed by atoms with Gasteiger partial charge in [-0.1, -0.05) is 6.42 Å². The molecule has 2 fully saturated rings. The Morgan fingerprint density at radius 1 is 1.43 bits per heavy atom. The highest BCUT2D eigenvalue weighted by Gasteiger charge is 2.49. The van der Waals surface area contributed by atoms with E-state index in [2.05, 4.69) is 22.0 Å². The predicted octanol–water partition coefficient (Wildman–Crippen LogP) is 1.79. The molecule has 0 N–H and O–H groups in total. The van der Waals surface area contributed by atoms with Crippen LogP contribution in [0.15, 0.2) is 24.5 Å². The van der Waals surface area contributed by atoms with Crippen molar-refractivity contribution in [3.63, 3.8) is 0 Å². The molecule has 126 valence electrons. The summed E-state index contributed by atoms with van der Waals surface area (Å²) in [6, 6.07) is 4.18. The Balaban J connectivity index is 1.56. The van der Waals surface area contributed by atoms with E-state index in [4.69, 9.17) is 4.74 Å². The van der Waals surface area contributed by atoms with Gasteiger partial charge in [0.05, 0.1) is 6.61 Å². The number of carbonyl (C=O) groups is 1. The van der Waals surface area contributed by atoms with Crippen LogP contribution in [0.5, 0.6) is 0 Å². The molecular formula is C18H27N3O2. The Hall–Kier alpha value is -1.46. The molecule has 2 aliphatic rings. The zero-order valence-corrected chi connectivity index (χ0v) is 14.2. The molecule has 0 bridgehead atoms. The van der Waals surface area contributed by atoms with Gasteiger partial charge in [-0.15, -0.1) is 0 Å². The average molecular weight is 317 g/mol. The average Bonchev–Trinajstić information content (AvgIpc) is 3.04. The minimum absolute atomic E-state index is 0.0441. The van der Waals surface area contributed by atoms with Gasteiger partial charge in [0.1, 0.15) is 6.61 Å². The molecule has 1 amide bonds. The molecule has 23 heavy (non-hydrogen) atoms. The maximum atomic E-state index is 11.7. The van der Waals surface area contributed by atoms with Crippen LogP contribution in [-0.4, -0.2) is 61.1 Å². The highest BCUT2D eigenvalue weighted by Crippen LogP contribution is 2.49. The Labute approximate surface area is 138 Å². The van der Waals surface area contributed by atoms with Crippen LogP contribution in [0.2, 0.25) is 0 Å². The molecule has 3 rings (SSSR count). The largest absolute Gasteiger partial charge is 0.371 e. The van der Waals surface area contributed by atoms with Gasteiger partial charge in [0.15, 0.2) is 0 Å². The number of hydrogen-bond acceptors (Lipinski definition) is 4. The monoisotopic (exact) mass is 317 g/mol. The number of fused-ring (bicyclic) bond motifs is 1. The van der Waals surface area contributed by atoms with E-state index in [1.807, 2.05) is 12.4 Å². The topological polar surface area (TPSA) is 45.7 Å². The third kappa shape index (κ3) is 3.72. The van der Waals surface area contributed by atoms with E-state index in [9.17, 15) is 4.79 Å². The van der Waals surface area contributed by atoms with E-state index in [1.54, 1.807) is 19.0 Å². The van der Waals surface area contributed by atoms with Crippen molar-refractivity contribution in [3.05, 3.63) is 30.1 Å². The minimum Gasteiger partial charge on any atom is -0.371 e. The molecule has 0 radical (unpaired) electrons.